The minimum atomic E-state index is -1.57. The van der Waals surface area contributed by atoms with Crippen molar-refractivity contribution < 1.29 is 49.3 Å². The number of carbonyl (C=O) groups is 2. The molecule has 11 nitrogen and oxygen atoms in total. The zero-order valence-electron chi connectivity index (χ0n) is 48.8. The van der Waals surface area contributed by atoms with Crippen LogP contribution in [0.4, 0.5) is 0 Å². The van der Waals surface area contributed by atoms with E-state index in [0.717, 1.165) is 70.6 Å². The van der Waals surface area contributed by atoms with Crippen molar-refractivity contribution in [2.24, 2.45) is 0 Å². The van der Waals surface area contributed by atoms with Crippen LogP contribution in [0.15, 0.2) is 24.3 Å². The molecule has 0 bridgehead atoms. The number of allylic oxidation sites excluding steroid dienone is 3. The lowest BCUT2D eigenvalue weighted by atomic mass is 9.99. The Morgan fingerprint density at radius 1 is 0.480 bits per heavy atom. The summed E-state index contributed by atoms with van der Waals surface area (Å²) in [7, 11) is 0. The molecule has 7 atom stereocenters. The lowest BCUT2D eigenvalue weighted by Crippen LogP contribution is -2.60. The van der Waals surface area contributed by atoms with Crippen molar-refractivity contribution in [3.8, 4) is 0 Å². The summed E-state index contributed by atoms with van der Waals surface area (Å²) in [5.74, 6) is -0.189. The van der Waals surface area contributed by atoms with Gasteiger partial charge in [0.2, 0.25) is 5.91 Å². The average molecular weight is 1060 g/mol. The molecule has 1 aliphatic heterocycles. The van der Waals surface area contributed by atoms with Crippen molar-refractivity contribution >= 4 is 11.9 Å². The maximum Gasteiger partial charge on any atom is 0.305 e. The number of hydrogen-bond donors (Lipinski definition) is 6. The molecule has 1 heterocycles. The van der Waals surface area contributed by atoms with Gasteiger partial charge in [0.05, 0.1) is 32.0 Å². The molecule has 11 heteroatoms. The first-order chi connectivity index (χ1) is 36.7. The van der Waals surface area contributed by atoms with E-state index in [1.165, 1.54) is 212 Å². The molecule has 1 rings (SSSR count). The number of nitrogens with one attached hydrogen (secondary N) is 1. The largest absolute Gasteiger partial charge is 0.466 e. The van der Waals surface area contributed by atoms with Crippen LogP contribution < -0.4 is 5.32 Å². The molecule has 1 saturated heterocycles. The predicted octanol–water partition coefficient (Wildman–Crippen LogP) is 15.3. The number of amides is 1. The van der Waals surface area contributed by atoms with E-state index in [9.17, 15) is 35.1 Å². The van der Waals surface area contributed by atoms with Crippen molar-refractivity contribution in [2.45, 2.75) is 352 Å². The van der Waals surface area contributed by atoms with Crippen LogP contribution in [0, 0.1) is 0 Å². The van der Waals surface area contributed by atoms with Gasteiger partial charge in [-0.1, -0.05) is 263 Å². The zero-order chi connectivity index (χ0) is 54.5. The molecular formula is C64H121NO10. The molecule has 75 heavy (non-hydrogen) atoms. The Morgan fingerprint density at radius 3 is 1.28 bits per heavy atom. The van der Waals surface area contributed by atoms with Crippen LogP contribution in [0.5, 0.6) is 0 Å². The number of carbonyl (C=O) groups excluding carboxylic acids is 2. The van der Waals surface area contributed by atoms with Gasteiger partial charge in [0.15, 0.2) is 6.29 Å². The lowest BCUT2D eigenvalue weighted by molar-refractivity contribution is -0.302. The van der Waals surface area contributed by atoms with Crippen LogP contribution in [0.1, 0.15) is 309 Å². The van der Waals surface area contributed by atoms with Gasteiger partial charge in [-0.05, 0) is 57.8 Å². The maximum absolute atomic E-state index is 13.0. The second kappa shape index (κ2) is 54.1. The molecule has 1 fully saturated rings. The smallest absolute Gasteiger partial charge is 0.305 e. The van der Waals surface area contributed by atoms with Crippen molar-refractivity contribution in [3.05, 3.63) is 24.3 Å². The van der Waals surface area contributed by atoms with E-state index in [0.29, 0.717) is 19.4 Å². The van der Waals surface area contributed by atoms with E-state index in [4.69, 9.17) is 14.2 Å². The molecule has 7 unspecified atom stereocenters. The fraction of sp³-hybridized carbons (Fsp3) is 0.906. The number of aliphatic hydroxyl groups excluding tert-OH is 5. The van der Waals surface area contributed by atoms with E-state index < -0.39 is 49.5 Å². The highest BCUT2D eigenvalue weighted by atomic mass is 16.7. The second-order valence-corrected chi connectivity index (χ2v) is 22.5. The first-order valence-electron chi connectivity index (χ1n) is 32.1. The Hall–Kier alpha value is -1.86. The Kier molecular flexibility index (Phi) is 51.3. The Labute approximate surface area is 461 Å². The summed E-state index contributed by atoms with van der Waals surface area (Å²) in [5, 5.41) is 54.2. The fourth-order valence-electron chi connectivity index (χ4n) is 10.2. The standard InChI is InChI=1S/C64H121NO10/c1-3-5-7-9-11-13-14-15-16-26-29-32-36-40-44-48-52-60(69)73-53-49-45-41-37-33-30-27-24-22-20-18-17-19-21-23-25-28-31-35-39-43-47-51-59(68)65-56(57(67)50-46-42-38-34-12-10-8-6-4-2)55-74-64-63(72)62(71)61(70)58(54-66)75-64/h19,21,46,50,56-58,61-64,66-67,70-72H,3-18,20,22-45,47-49,51-55H2,1-2H3,(H,65,68)/b21-19-,50-46+. The van der Waals surface area contributed by atoms with E-state index in [1.54, 1.807) is 6.08 Å². The van der Waals surface area contributed by atoms with E-state index in [-0.39, 0.29) is 18.5 Å². The fourth-order valence-corrected chi connectivity index (χ4v) is 10.2. The molecule has 442 valence electrons. The highest BCUT2D eigenvalue weighted by Gasteiger charge is 2.44. The van der Waals surface area contributed by atoms with Crippen molar-refractivity contribution in [1.82, 2.24) is 5.32 Å². The van der Waals surface area contributed by atoms with E-state index in [2.05, 4.69) is 31.3 Å². The van der Waals surface area contributed by atoms with Gasteiger partial charge in [0.25, 0.3) is 0 Å². The molecule has 0 aliphatic carbocycles. The number of esters is 1. The van der Waals surface area contributed by atoms with Gasteiger partial charge >= 0.3 is 5.97 Å². The third-order valence-corrected chi connectivity index (χ3v) is 15.3. The maximum atomic E-state index is 13.0. The molecule has 0 radical (unpaired) electrons. The van der Waals surface area contributed by atoms with Crippen LogP contribution in [0.3, 0.4) is 0 Å². The molecule has 1 amide bonds. The molecule has 0 aromatic carbocycles. The first-order valence-corrected chi connectivity index (χ1v) is 32.1. The minimum Gasteiger partial charge on any atom is -0.466 e. The normalized spacial score (nSPS) is 18.8. The van der Waals surface area contributed by atoms with E-state index >= 15 is 0 Å². The monoisotopic (exact) mass is 1060 g/mol. The van der Waals surface area contributed by atoms with Crippen LogP contribution in [-0.4, -0.2) is 100 Å². The van der Waals surface area contributed by atoms with Crippen molar-refractivity contribution in [3.63, 3.8) is 0 Å². The summed E-state index contributed by atoms with van der Waals surface area (Å²) in [6, 6.07) is -0.813. The lowest BCUT2D eigenvalue weighted by Gasteiger charge is -2.40. The molecule has 0 spiro atoms. The van der Waals surface area contributed by atoms with Crippen LogP contribution in [0.2, 0.25) is 0 Å². The summed E-state index contributed by atoms with van der Waals surface area (Å²) >= 11 is 0. The number of rotatable bonds is 56. The molecule has 0 aromatic heterocycles. The summed E-state index contributed by atoms with van der Waals surface area (Å²) in [6.07, 6.45) is 55.8. The van der Waals surface area contributed by atoms with Gasteiger partial charge in [-0.2, -0.15) is 0 Å². The average Bonchev–Trinajstić information content (AvgIpc) is 3.41. The van der Waals surface area contributed by atoms with Gasteiger partial charge in [-0.3, -0.25) is 9.59 Å². The van der Waals surface area contributed by atoms with Crippen molar-refractivity contribution in [2.75, 3.05) is 19.8 Å². The molecule has 1 aliphatic rings. The van der Waals surface area contributed by atoms with Crippen LogP contribution in [-0.2, 0) is 23.8 Å². The zero-order valence-corrected chi connectivity index (χ0v) is 48.8. The number of aliphatic hydroxyl groups is 5. The molecule has 0 aromatic rings. The molecule has 6 N–H and O–H groups in total. The Morgan fingerprint density at radius 2 is 0.853 bits per heavy atom. The highest BCUT2D eigenvalue weighted by Crippen LogP contribution is 2.23. The number of unbranched alkanes of at least 4 members (excludes halogenated alkanes) is 40. The topological polar surface area (TPSA) is 175 Å². The van der Waals surface area contributed by atoms with E-state index in [1.807, 2.05) is 6.08 Å². The molecule has 0 saturated carbocycles. The van der Waals surface area contributed by atoms with Gasteiger partial charge in [0, 0.05) is 12.8 Å². The van der Waals surface area contributed by atoms with Crippen molar-refractivity contribution in [1.29, 1.82) is 0 Å². The first kappa shape index (κ1) is 71.2. The second-order valence-electron chi connectivity index (χ2n) is 22.5. The Bertz CT molecular complexity index is 1300. The SMILES string of the molecule is CCCCCCCCC/C=C/C(O)C(COC1OC(CO)C(O)C(O)C1O)NC(=O)CCCCCCCCC/C=C\CCCCCCCCCCCCCOC(=O)CCCCCCCCCCCCCCCCCC. The van der Waals surface area contributed by atoms with Gasteiger partial charge in [-0.25, -0.2) is 0 Å². The highest BCUT2D eigenvalue weighted by molar-refractivity contribution is 5.76. The van der Waals surface area contributed by atoms with Crippen LogP contribution in [0.25, 0.3) is 0 Å². The van der Waals surface area contributed by atoms with Crippen LogP contribution >= 0.6 is 0 Å². The third kappa shape index (κ3) is 43.7. The van der Waals surface area contributed by atoms with Gasteiger partial charge in [-0.15, -0.1) is 0 Å². The summed E-state index contributed by atoms with van der Waals surface area (Å²) < 4.78 is 16.7. The number of ether oxygens (including phenoxy) is 3. The summed E-state index contributed by atoms with van der Waals surface area (Å²) in [5.41, 5.74) is 0. The predicted molar refractivity (Wildman–Crippen MR) is 311 cm³/mol. The van der Waals surface area contributed by atoms with Gasteiger partial charge < -0.3 is 45.1 Å². The quantitative estimate of drug-likeness (QED) is 0.0195. The number of hydrogen-bond acceptors (Lipinski definition) is 10. The third-order valence-electron chi connectivity index (χ3n) is 15.3. The minimum absolute atomic E-state index is 0.00118. The summed E-state index contributed by atoms with van der Waals surface area (Å²) in [4.78, 5) is 25.1. The van der Waals surface area contributed by atoms with Gasteiger partial charge in [0.1, 0.15) is 24.4 Å². The molecular weight excluding hydrogens is 943 g/mol. The summed E-state index contributed by atoms with van der Waals surface area (Å²) in [6.45, 7) is 4.33. The Balaban J connectivity index is 1.98.